The van der Waals surface area contributed by atoms with Crippen LogP contribution in [0.2, 0.25) is 0 Å². The maximum Gasteiger partial charge on any atom is 0.431 e. The van der Waals surface area contributed by atoms with E-state index in [1.807, 2.05) is 4.98 Å². The zero-order valence-electron chi connectivity index (χ0n) is 5.57. The third-order valence-corrected chi connectivity index (χ3v) is 1.79. The third-order valence-electron chi connectivity index (χ3n) is 1.17. The normalized spacial score (nSPS) is 11.7. The van der Waals surface area contributed by atoms with Crippen molar-refractivity contribution in [1.82, 2.24) is 4.98 Å². The molecular formula is C6H3BrF3NO. The van der Waals surface area contributed by atoms with Gasteiger partial charge in [0.1, 0.15) is 5.69 Å². The molecule has 0 saturated heterocycles. The van der Waals surface area contributed by atoms with Gasteiger partial charge >= 0.3 is 6.18 Å². The van der Waals surface area contributed by atoms with Gasteiger partial charge in [-0.3, -0.25) is 4.79 Å². The van der Waals surface area contributed by atoms with Crippen LogP contribution < -0.4 is 5.43 Å². The summed E-state index contributed by atoms with van der Waals surface area (Å²) in [4.78, 5) is 12.7. The molecule has 12 heavy (non-hydrogen) atoms. The highest BCUT2D eigenvalue weighted by atomic mass is 79.9. The van der Waals surface area contributed by atoms with Crippen molar-refractivity contribution in [3.8, 4) is 0 Å². The topological polar surface area (TPSA) is 32.9 Å². The Morgan fingerprint density at radius 1 is 1.42 bits per heavy atom. The lowest BCUT2D eigenvalue weighted by atomic mass is 10.3. The van der Waals surface area contributed by atoms with Gasteiger partial charge in [0.25, 0.3) is 0 Å². The van der Waals surface area contributed by atoms with E-state index in [9.17, 15) is 18.0 Å². The van der Waals surface area contributed by atoms with E-state index in [0.29, 0.717) is 6.07 Å². The van der Waals surface area contributed by atoms with Crippen LogP contribution in [-0.2, 0) is 6.18 Å². The number of pyridine rings is 1. The van der Waals surface area contributed by atoms with E-state index in [0.717, 1.165) is 6.20 Å². The summed E-state index contributed by atoms with van der Waals surface area (Å²) in [5.74, 6) is 0. The lowest BCUT2D eigenvalue weighted by molar-refractivity contribution is -0.141. The smallest absolute Gasteiger partial charge is 0.356 e. The molecule has 6 heteroatoms. The van der Waals surface area contributed by atoms with Crippen molar-refractivity contribution in [3.05, 3.63) is 32.7 Å². The molecule has 0 aliphatic carbocycles. The molecule has 1 heterocycles. The Kier molecular flexibility index (Phi) is 2.27. The van der Waals surface area contributed by atoms with E-state index in [4.69, 9.17) is 0 Å². The second kappa shape index (κ2) is 2.93. The van der Waals surface area contributed by atoms with Gasteiger partial charge in [-0.15, -0.1) is 0 Å². The molecule has 0 aromatic carbocycles. The first-order valence-electron chi connectivity index (χ1n) is 2.86. The average Bonchev–Trinajstić information content (AvgIpc) is 1.92. The lowest BCUT2D eigenvalue weighted by Crippen LogP contribution is -2.13. The van der Waals surface area contributed by atoms with E-state index in [1.54, 1.807) is 0 Å². The van der Waals surface area contributed by atoms with Crippen LogP contribution in [0.1, 0.15) is 5.69 Å². The van der Waals surface area contributed by atoms with Crippen LogP contribution in [0.15, 0.2) is 21.5 Å². The number of aromatic nitrogens is 1. The highest BCUT2D eigenvalue weighted by molar-refractivity contribution is 9.10. The zero-order valence-corrected chi connectivity index (χ0v) is 7.16. The monoisotopic (exact) mass is 241 g/mol. The van der Waals surface area contributed by atoms with E-state index < -0.39 is 17.3 Å². The Balaban J connectivity index is 3.23. The minimum atomic E-state index is -4.50. The molecule has 0 atom stereocenters. The molecule has 0 aliphatic heterocycles. The van der Waals surface area contributed by atoms with Crippen molar-refractivity contribution in [2.45, 2.75) is 6.18 Å². The lowest BCUT2D eigenvalue weighted by Gasteiger charge is -2.04. The van der Waals surface area contributed by atoms with Gasteiger partial charge in [0.05, 0.1) is 4.47 Å². The quantitative estimate of drug-likeness (QED) is 0.742. The average molecular weight is 242 g/mol. The number of alkyl halides is 3. The van der Waals surface area contributed by atoms with Crippen molar-refractivity contribution in [1.29, 1.82) is 0 Å². The summed E-state index contributed by atoms with van der Waals surface area (Å²) in [5, 5.41) is 0. The molecule has 0 radical (unpaired) electrons. The summed E-state index contributed by atoms with van der Waals surface area (Å²) in [7, 11) is 0. The van der Waals surface area contributed by atoms with Crippen molar-refractivity contribution in [2.24, 2.45) is 0 Å². The number of nitrogens with one attached hydrogen (secondary N) is 1. The van der Waals surface area contributed by atoms with E-state index in [2.05, 4.69) is 15.9 Å². The zero-order chi connectivity index (χ0) is 9.35. The van der Waals surface area contributed by atoms with Gasteiger partial charge in [0, 0.05) is 12.3 Å². The first-order chi connectivity index (χ1) is 5.41. The first-order valence-corrected chi connectivity index (χ1v) is 3.66. The molecule has 1 aromatic heterocycles. The van der Waals surface area contributed by atoms with Crippen LogP contribution in [0.3, 0.4) is 0 Å². The summed E-state index contributed by atoms with van der Waals surface area (Å²) < 4.78 is 35.8. The van der Waals surface area contributed by atoms with Crippen LogP contribution in [0.5, 0.6) is 0 Å². The first kappa shape index (κ1) is 9.31. The number of hydrogen-bond donors (Lipinski definition) is 1. The molecule has 1 rings (SSSR count). The van der Waals surface area contributed by atoms with E-state index in [-0.39, 0.29) is 4.47 Å². The summed E-state index contributed by atoms with van der Waals surface area (Å²) >= 11 is 2.78. The second-order valence-corrected chi connectivity index (χ2v) is 2.91. The van der Waals surface area contributed by atoms with Gasteiger partial charge in [0.2, 0.25) is 0 Å². The Bertz CT molecular complexity index is 343. The summed E-state index contributed by atoms with van der Waals surface area (Å²) in [6, 6.07) is 0.504. The minimum Gasteiger partial charge on any atom is -0.356 e. The molecular weight excluding hydrogens is 239 g/mol. The van der Waals surface area contributed by atoms with Gasteiger partial charge < -0.3 is 4.98 Å². The molecule has 1 aromatic rings. The highest BCUT2D eigenvalue weighted by Crippen LogP contribution is 2.26. The number of hydrogen-bond acceptors (Lipinski definition) is 1. The highest BCUT2D eigenvalue weighted by Gasteiger charge is 2.31. The Morgan fingerprint density at radius 2 is 2.00 bits per heavy atom. The fraction of sp³-hybridized carbons (Fsp3) is 0.167. The molecule has 0 bridgehead atoms. The predicted molar refractivity (Wildman–Crippen MR) is 39.8 cm³/mol. The number of aromatic amines is 1. The number of H-pyrrole nitrogens is 1. The molecule has 66 valence electrons. The van der Waals surface area contributed by atoms with Crippen LogP contribution in [0.4, 0.5) is 13.2 Å². The van der Waals surface area contributed by atoms with Crippen LogP contribution in [0, 0.1) is 0 Å². The summed E-state index contributed by atoms with van der Waals surface area (Å²) in [5.41, 5.74) is -1.74. The SMILES string of the molecule is O=c1cc(C(F)(F)F)[nH]cc1Br. The molecule has 2 nitrogen and oxygen atoms in total. The molecule has 0 saturated carbocycles. The van der Waals surface area contributed by atoms with Crippen LogP contribution in [0.25, 0.3) is 0 Å². The van der Waals surface area contributed by atoms with Crippen molar-refractivity contribution in [2.75, 3.05) is 0 Å². The Labute approximate surface area is 73.5 Å². The maximum absolute atomic E-state index is 11.9. The van der Waals surface area contributed by atoms with Gasteiger partial charge in [-0.05, 0) is 15.9 Å². The van der Waals surface area contributed by atoms with Gasteiger partial charge in [-0.25, -0.2) is 0 Å². The van der Waals surface area contributed by atoms with E-state index >= 15 is 0 Å². The predicted octanol–water partition coefficient (Wildman–Crippen LogP) is 2.16. The molecule has 0 spiro atoms. The molecule has 0 fully saturated rings. The summed E-state index contributed by atoms with van der Waals surface area (Å²) in [6.45, 7) is 0. The van der Waals surface area contributed by atoms with Crippen molar-refractivity contribution >= 4 is 15.9 Å². The van der Waals surface area contributed by atoms with Gasteiger partial charge in [0.15, 0.2) is 5.43 Å². The fourth-order valence-corrected chi connectivity index (χ4v) is 0.847. The van der Waals surface area contributed by atoms with Crippen molar-refractivity contribution < 1.29 is 13.2 Å². The molecule has 0 amide bonds. The van der Waals surface area contributed by atoms with Crippen LogP contribution in [-0.4, -0.2) is 4.98 Å². The standard InChI is InChI=1S/C6H3BrF3NO/c7-3-2-11-5(1-4(3)12)6(8,9)10/h1-2H,(H,11,12). The minimum absolute atomic E-state index is 0.0792. The number of halogens is 4. The fourth-order valence-electron chi connectivity index (χ4n) is 0.618. The number of rotatable bonds is 0. The molecule has 1 N–H and O–H groups in total. The van der Waals surface area contributed by atoms with Gasteiger partial charge in [-0.2, -0.15) is 13.2 Å². The molecule has 0 unspecified atom stereocenters. The maximum atomic E-state index is 11.9. The van der Waals surface area contributed by atoms with Crippen molar-refractivity contribution in [3.63, 3.8) is 0 Å². The summed E-state index contributed by atoms with van der Waals surface area (Å²) in [6.07, 6.45) is -3.54. The molecule has 0 aliphatic rings. The second-order valence-electron chi connectivity index (χ2n) is 2.06. The van der Waals surface area contributed by atoms with E-state index in [1.165, 1.54) is 0 Å². The van der Waals surface area contributed by atoms with Crippen LogP contribution >= 0.6 is 15.9 Å². The third kappa shape index (κ3) is 1.88. The largest absolute Gasteiger partial charge is 0.431 e. The van der Waals surface area contributed by atoms with Gasteiger partial charge in [-0.1, -0.05) is 0 Å². The Morgan fingerprint density at radius 3 is 2.42 bits per heavy atom. The Hall–Kier alpha value is -0.780.